The molecule has 1 aromatic heterocycles. The summed E-state index contributed by atoms with van der Waals surface area (Å²) >= 11 is 0. The van der Waals surface area contributed by atoms with Crippen LogP contribution in [0.5, 0.6) is 5.75 Å². The van der Waals surface area contributed by atoms with Gasteiger partial charge in [0.15, 0.2) is 0 Å². The number of carbonyl (C=O) groups is 2. The molecule has 8 heteroatoms. The number of anilines is 1. The number of pyridine rings is 1. The van der Waals surface area contributed by atoms with Crippen LogP contribution < -0.4 is 10.1 Å². The molecule has 0 saturated carbocycles. The lowest BCUT2D eigenvalue weighted by molar-refractivity contribution is -0.134. The summed E-state index contributed by atoms with van der Waals surface area (Å²) in [6, 6.07) is 18.7. The lowest BCUT2D eigenvalue weighted by Gasteiger charge is -2.34. The second kappa shape index (κ2) is 13.4. The highest BCUT2D eigenvalue weighted by Crippen LogP contribution is 2.29. The Labute approximate surface area is 230 Å². The van der Waals surface area contributed by atoms with Crippen molar-refractivity contribution in [1.29, 1.82) is 0 Å². The van der Waals surface area contributed by atoms with Gasteiger partial charge in [-0.15, -0.1) is 0 Å². The molecule has 1 aliphatic rings. The van der Waals surface area contributed by atoms with Gasteiger partial charge in [0.25, 0.3) is 0 Å². The number of likely N-dealkylation sites (N-methyl/N-ethyl adjacent to an activating group) is 1. The zero-order chi connectivity index (χ0) is 27.8. The molecule has 8 nitrogen and oxygen atoms in total. The predicted molar refractivity (Wildman–Crippen MR) is 151 cm³/mol. The number of benzene rings is 2. The molecule has 1 aliphatic heterocycles. The third-order valence-corrected chi connectivity index (χ3v) is 7.10. The van der Waals surface area contributed by atoms with Crippen LogP contribution in [0.4, 0.5) is 5.69 Å². The van der Waals surface area contributed by atoms with Crippen LogP contribution in [0, 0.1) is 5.92 Å². The fourth-order valence-electron chi connectivity index (χ4n) is 4.88. The first-order chi connectivity index (χ1) is 18.8. The summed E-state index contributed by atoms with van der Waals surface area (Å²) in [5.41, 5.74) is 3.41. The Hall–Kier alpha value is -3.75. The van der Waals surface area contributed by atoms with Gasteiger partial charge in [-0.05, 0) is 55.4 Å². The summed E-state index contributed by atoms with van der Waals surface area (Å²) in [4.78, 5) is 34.2. The summed E-state index contributed by atoms with van der Waals surface area (Å²) in [7, 11) is 2.05. The SMILES string of the molecule is C[C@@H]1CN([C@@H](C)CO)C(=O)Cc2cc(NC(=O)Cc3ccccc3)ccc2O[C@H]1CN(C)Cc1ccncc1. The predicted octanol–water partition coefficient (Wildman–Crippen LogP) is 3.54. The molecule has 0 radical (unpaired) electrons. The normalized spacial score (nSPS) is 18.4. The molecule has 206 valence electrons. The van der Waals surface area contributed by atoms with Crippen LogP contribution >= 0.6 is 0 Å². The first-order valence-corrected chi connectivity index (χ1v) is 13.4. The first kappa shape index (κ1) is 28.3. The van der Waals surface area contributed by atoms with E-state index in [1.54, 1.807) is 17.3 Å². The highest BCUT2D eigenvalue weighted by atomic mass is 16.5. The molecule has 2 heterocycles. The number of carbonyl (C=O) groups excluding carboxylic acids is 2. The number of rotatable bonds is 9. The lowest BCUT2D eigenvalue weighted by atomic mass is 10.0. The van der Waals surface area contributed by atoms with Gasteiger partial charge >= 0.3 is 0 Å². The Bertz CT molecular complexity index is 1240. The molecular formula is C31H38N4O4. The van der Waals surface area contributed by atoms with Crippen molar-refractivity contribution in [1.82, 2.24) is 14.8 Å². The average molecular weight is 531 g/mol. The van der Waals surface area contributed by atoms with Gasteiger partial charge in [-0.3, -0.25) is 19.5 Å². The van der Waals surface area contributed by atoms with E-state index in [1.807, 2.05) is 67.6 Å². The third-order valence-electron chi connectivity index (χ3n) is 7.10. The van der Waals surface area contributed by atoms with Crippen molar-refractivity contribution in [2.45, 2.75) is 45.4 Å². The lowest BCUT2D eigenvalue weighted by Crippen LogP contribution is -2.47. The van der Waals surface area contributed by atoms with Crippen molar-refractivity contribution in [2.75, 3.05) is 32.1 Å². The minimum absolute atomic E-state index is 0.0130. The highest BCUT2D eigenvalue weighted by molar-refractivity contribution is 5.92. The maximum Gasteiger partial charge on any atom is 0.228 e. The smallest absolute Gasteiger partial charge is 0.228 e. The summed E-state index contributed by atoms with van der Waals surface area (Å²) in [5, 5.41) is 12.8. The van der Waals surface area contributed by atoms with E-state index >= 15 is 0 Å². The maximum absolute atomic E-state index is 13.4. The maximum atomic E-state index is 13.4. The molecule has 0 unspecified atom stereocenters. The summed E-state index contributed by atoms with van der Waals surface area (Å²) in [6.45, 7) is 5.68. The molecule has 2 aromatic carbocycles. The Balaban J connectivity index is 1.56. The van der Waals surface area contributed by atoms with Crippen LogP contribution in [0.3, 0.4) is 0 Å². The minimum Gasteiger partial charge on any atom is -0.488 e. The standard InChI is InChI=1S/C31H38N4O4/c1-22-18-35(23(2)21-36)31(38)17-26-16-27(33-30(37)15-24-7-5-4-6-8-24)9-10-28(26)39-29(22)20-34(3)19-25-11-13-32-14-12-25/h4-14,16,22-23,29,36H,15,17-21H2,1-3H3,(H,33,37)/t22-,23+,29+/m1/s1. The molecule has 0 bridgehead atoms. The summed E-state index contributed by atoms with van der Waals surface area (Å²) < 4.78 is 6.60. The highest BCUT2D eigenvalue weighted by Gasteiger charge is 2.31. The van der Waals surface area contributed by atoms with E-state index in [0.717, 1.165) is 17.7 Å². The third kappa shape index (κ3) is 7.88. The number of nitrogens with zero attached hydrogens (tertiary/aromatic N) is 3. The second-order valence-corrected chi connectivity index (χ2v) is 10.5. The van der Waals surface area contributed by atoms with Crippen molar-refractivity contribution in [3.05, 3.63) is 89.7 Å². The van der Waals surface area contributed by atoms with E-state index in [-0.39, 0.29) is 49.3 Å². The van der Waals surface area contributed by atoms with Gasteiger partial charge in [-0.25, -0.2) is 0 Å². The number of aliphatic hydroxyl groups excluding tert-OH is 1. The number of hydrogen-bond acceptors (Lipinski definition) is 6. The quantitative estimate of drug-likeness (QED) is 0.440. The van der Waals surface area contributed by atoms with Gasteiger partial charge in [-0.1, -0.05) is 37.3 Å². The molecule has 2 N–H and O–H groups in total. The van der Waals surface area contributed by atoms with Crippen molar-refractivity contribution < 1.29 is 19.4 Å². The molecule has 39 heavy (non-hydrogen) atoms. The van der Waals surface area contributed by atoms with Crippen LogP contribution in [0.25, 0.3) is 0 Å². The fraction of sp³-hybridized carbons (Fsp3) is 0.387. The molecule has 4 rings (SSSR count). The zero-order valence-electron chi connectivity index (χ0n) is 22.9. The Morgan fingerprint density at radius 2 is 1.90 bits per heavy atom. The van der Waals surface area contributed by atoms with Gasteiger partial charge < -0.3 is 20.1 Å². The Kier molecular flexibility index (Phi) is 9.68. The van der Waals surface area contributed by atoms with Gasteiger partial charge in [0.05, 0.1) is 25.5 Å². The zero-order valence-corrected chi connectivity index (χ0v) is 22.9. The second-order valence-electron chi connectivity index (χ2n) is 10.5. The minimum atomic E-state index is -0.314. The van der Waals surface area contributed by atoms with E-state index < -0.39 is 0 Å². The van der Waals surface area contributed by atoms with Crippen LogP contribution in [0.15, 0.2) is 73.1 Å². The van der Waals surface area contributed by atoms with Gasteiger partial charge in [0.1, 0.15) is 11.9 Å². The van der Waals surface area contributed by atoms with E-state index in [1.165, 1.54) is 0 Å². The van der Waals surface area contributed by atoms with E-state index in [2.05, 4.69) is 29.2 Å². The Morgan fingerprint density at radius 1 is 1.15 bits per heavy atom. The molecule has 0 spiro atoms. The molecular weight excluding hydrogens is 492 g/mol. The van der Waals surface area contributed by atoms with Gasteiger partial charge in [0, 0.05) is 49.2 Å². The topological polar surface area (TPSA) is 95.0 Å². The van der Waals surface area contributed by atoms with Crippen LogP contribution in [0.1, 0.15) is 30.5 Å². The number of aromatic nitrogens is 1. The number of fused-ring (bicyclic) bond motifs is 1. The number of amides is 2. The van der Waals surface area contributed by atoms with E-state index in [9.17, 15) is 14.7 Å². The summed E-state index contributed by atoms with van der Waals surface area (Å²) in [6.07, 6.45) is 3.75. The fourth-order valence-corrected chi connectivity index (χ4v) is 4.88. The monoisotopic (exact) mass is 530 g/mol. The molecule has 0 fully saturated rings. The molecule has 2 amide bonds. The Morgan fingerprint density at radius 3 is 2.62 bits per heavy atom. The van der Waals surface area contributed by atoms with Crippen LogP contribution in [-0.4, -0.2) is 70.6 Å². The average Bonchev–Trinajstić information content (AvgIpc) is 2.97. The molecule has 3 atom stereocenters. The van der Waals surface area contributed by atoms with E-state index in [4.69, 9.17) is 4.74 Å². The molecule has 3 aromatic rings. The summed E-state index contributed by atoms with van der Waals surface area (Å²) in [5.74, 6) is 0.444. The molecule has 0 aliphatic carbocycles. The number of hydrogen-bond donors (Lipinski definition) is 2. The largest absolute Gasteiger partial charge is 0.488 e. The van der Waals surface area contributed by atoms with Crippen LogP contribution in [-0.2, 0) is 29.0 Å². The van der Waals surface area contributed by atoms with Gasteiger partial charge in [-0.2, -0.15) is 0 Å². The van der Waals surface area contributed by atoms with E-state index in [0.29, 0.717) is 30.1 Å². The number of nitrogens with one attached hydrogen (secondary N) is 1. The van der Waals surface area contributed by atoms with Crippen molar-refractivity contribution >= 4 is 17.5 Å². The van der Waals surface area contributed by atoms with Crippen molar-refractivity contribution in [3.63, 3.8) is 0 Å². The number of ether oxygens (including phenoxy) is 1. The molecule has 0 saturated heterocycles. The number of aliphatic hydroxyl groups is 1. The van der Waals surface area contributed by atoms with Crippen LogP contribution in [0.2, 0.25) is 0 Å². The van der Waals surface area contributed by atoms with Crippen molar-refractivity contribution in [2.24, 2.45) is 5.92 Å². The first-order valence-electron chi connectivity index (χ1n) is 13.4. The van der Waals surface area contributed by atoms with Gasteiger partial charge in [0.2, 0.25) is 11.8 Å². The van der Waals surface area contributed by atoms with Crippen molar-refractivity contribution in [3.8, 4) is 5.75 Å².